The number of nitrogens with one attached hydrogen (secondary N) is 2. The summed E-state index contributed by atoms with van der Waals surface area (Å²) >= 11 is 0. The van der Waals surface area contributed by atoms with Gasteiger partial charge in [0.25, 0.3) is 5.91 Å². The van der Waals surface area contributed by atoms with E-state index in [4.69, 9.17) is 9.84 Å². The van der Waals surface area contributed by atoms with Crippen LogP contribution in [0, 0.1) is 18.3 Å². The fraction of sp³-hybridized carbons (Fsp3) is 0.476. The molecule has 1 aromatic rings. The van der Waals surface area contributed by atoms with Crippen molar-refractivity contribution in [2.75, 3.05) is 13.2 Å². The van der Waals surface area contributed by atoms with Crippen molar-refractivity contribution < 1.29 is 19.4 Å². The number of benzene rings is 1. The number of carboxylic acids is 1. The Bertz CT molecular complexity index is 738. The van der Waals surface area contributed by atoms with Gasteiger partial charge in [-0.2, -0.15) is 5.26 Å². The van der Waals surface area contributed by atoms with E-state index in [1.165, 1.54) is 6.20 Å². The quantitative estimate of drug-likeness (QED) is 0.288. The summed E-state index contributed by atoms with van der Waals surface area (Å²) in [5.41, 5.74) is 2.04. The van der Waals surface area contributed by atoms with Gasteiger partial charge in [0.1, 0.15) is 17.4 Å². The molecule has 0 saturated heterocycles. The molecule has 1 atom stereocenters. The Kier molecular flexibility index (Phi) is 10.2. The first-order chi connectivity index (χ1) is 13.4. The Hall–Kier alpha value is -3.01. The third kappa shape index (κ3) is 8.12. The number of aryl methyl sites for hydroxylation is 1. The third-order valence-corrected chi connectivity index (χ3v) is 4.13. The summed E-state index contributed by atoms with van der Waals surface area (Å²) in [6.07, 6.45) is 3.50. The molecule has 0 aliphatic carbocycles. The monoisotopic (exact) mass is 387 g/mol. The molecular weight excluding hydrogens is 358 g/mol. The third-order valence-electron chi connectivity index (χ3n) is 4.13. The summed E-state index contributed by atoms with van der Waals surface area (Å²) < 4.78 is 5.65. The number of aliphatic carboxylic acids is 1. The lowest BCUT2D eigenvalue weighted by molar-refractivity contribution is -0.137. The van der Waals surface area contributed by atoms with Gasteiger partial charge in [-0.05, 0) is 39.7 Å². The Morgan fingerprint density at radius 2 is 2.07 bits per heavy atom. The van der Waals surface area contributed by atoms with Crippen molar-refractivity contribution in [1.82, 2.24) is 10.6 Å². The first-order valence-electron chi connectivity index (χ1n) is 9.48. The number of nitriles is 1. The van der Waals surface area contributed by atoms with Crippen molar-refractivity contribution in [3.8, 4) is 11.8 Å². The van der Waals surface area contributed by atoms with Gasteiger partial charge in [-0.15, -0.1) is 0 Å². The van der Waals surface area contributed by atoms with Crippen molar-refractivity contribution in [3.05, 3.63) is 41.1 Å². The predicted octanol–water partition coefficient (Wildman–Crippen LogP) is 3.21. The van der Waals surface area contributed by atoms with Gasteiger partial charge < -0.3 is 20.5 Å². The molecule has 7 heteroatoms. The second kappa shape index (κ2) is 12.4. The molecule has 1 amide bonds. The number of carbonyl (C=O) groups is 2. The van der Waals surface area contributed by atoms with E-state index >= 15 is 0 Å². The molecule has 0 aromatic heterocycles. The lowest BCUT2D eigenvalue weighted by Gasteiger charge is -2.18. The van der Waals surface area contributed by atoms with Gasteiger partial charge in [-0.25, -0.2) is 0 Å². The summed E-state index contributed by atoms with van der Waals surface area (Å²) in [6.45, 7) is 6.80. The molecular formula is C21H29N3O4. The van der Waals surface area contributed by atoms with Crippen LogP contribution in [0.4, 0.5) is 0 Å². The molecule has 28 heavy (non-hydrogen) atoms. The van der Waals surface area contributed by atoms with Crippen LogP contribution in [0.25, 0.3) is 0 Å². The molecule has 3 N–H and O–H groups in total. The largest absolute Gasteiger partial charge is 0.494 e. The van der Waals surface area contributed by atoms with E-state index in [-0.39, 0.29) is 18.0 Å². The highest BCUT2D eigenvalue weighted by molar-refractivity contribution is 5.97. The van der Waals surface area contributed by atoms with E-state index in [9.17, 15) is 14.9 Å². The van der Waals surface area contributed by atoms with E-state index in [0.717, 1.165) is 16.9 Å². The number of unbranched alkanes of at least 4 members (excludes halogenated alkanes) is 2. The normalized spacial score (nSPS) is 12.0. The highest BCUT2D eigenvalue weighted by Crippen LogP contribution is 2.26. The minimum Gasteiger partial charge on any atom is -0.494 e. The van der Waals surface area contributed by atoms with Gasteiger partial charge in [0, 0.05) is 24.7 Å². The zero-order chi connectivity index (χ0) is 20.9. The lowest BCUT2D eigenvalue weighted by atomic mass is 10.0. The van der Waals surface area contributed by atoms with E-state index in [1.807, 2.05) is 45.0 Å². The lowest BCUT2D eigenvalue weighted by Crippen LogP contribution is -2.27. The molecule has 0 aliphatic rings. The fourth-order valence-electron chi connectivity index (χ4n) is 2.62. The zero-order valence-electron chi connectivity index (χ0n) is 16.7. The molecule has 152 valence electrons. The van der Waals surface area contributed by atoms with Crippen molar-refractivity contribution in [2.45, 2.75) is 52.5 Å². The van der Waals surface area contributed by atoms with Crippen molar-refractivity contribution >= 4 is 11.9 Å². The standard InChI is InChI=1S/C21H29N3O4/c1-4-28-19-10-9-15(2)12-18(19)16(3)24-14-17(13-22)21(27)23-11-7-5-6-8-20(25)26/h9-10,12,14,16,24H,4-8,11H2,1-3H3,(H,23,27)(H,25,26)/b17-14-. The summed E-state index contributed by atoms with van der Waals surface area (Å²) in [5.74, 6) is -0.499. The molecule has 0 aliphatic heterocycles. The van der Waals surface area contributed by atoms with Gasteiger partial charge in [-0.3, -0.25) is 9.59 Å². The first kappa shape index (κ1) is 23.0. The SMILES string of the molecule is CCOc1ccc(C)cc1C(C)N/C=C(/C#N)C(=O)NCCCCCC(=O)O. The van der Waals surface area contributed by atoms with Gasteiger partial charge >= 0.3 is 5.97 Å². The van der Waals surface area contributed by atoms with E-state index < -0.39 is 11.9 Å². The van der Waals surface area contributed by atoms with Crippen LogP contribution in [0.2, 0.25) is 0 Å². The summed E-state index contributed by atoms with van der Waals surface area (Å²) in [4.78, 5) is 22.6. The van der Waals surface area contributed by atoms with Gasteiger partial charge in [-0.1, -0.05) is 24.1 Å². The van der Waals surface area contributed by atoms with E-state index in [2.05, 4.69) is 10.6 Å². The van der Waals surface area contributed by atoms with Crippen LogP contribution in [-0.2, 0) is 9.59 Å². The summed E-state index contributed by atoms with van der Waals surface area (Å²) in [6, 6.07) is 7.66. The van der Waals surface area contributed by atoms with Gasteiger partial charge in [0.2, 0.25) is 0 Å². The number of hydrogen-bond acceptors (Lipinski definition) is 5. The van der Waals surface area contributed by atoms with Crippen LogP contribution in [0.15, 0.2) is 30.0 Å². The topological polar surface area (TPSA) is 111 Å². The average Bonchev–Trinajstić information content (AvgIpc) is 2.66. The average molecular weight is 387 g/mol. The second-order valence-corrected chi connectivity index (χ2v) is 6.49. The van der Waals surface area contributed by atoms with Crippen molar-refractivity contribution in [2.24, 2.45) is 0 Å². The van der Waals surface area contributed by atoms with Crippen LogP contribution in [-0.4, -0.2) is 30.1 Å². The van der Waals surface area contributed by atoms with E-state index in [0.29, 0.717) is 32.4 Å². The Morgan fingerprint density at radius 1 is 1.32 bits per heavy atom. The second-order valence-electron chi connectivity index (χ2n) is 6.49. The number of carboxylic acid groups (broad SMARTS) is 1. The molecule has 0 bridgehead atoms. The maximum absolute atomic E-state index is 12.1. The predicted molar refractivity (Wildman–Crippen MR) is 107 cm³/mol. The number of rotatable bonds is 12. The minimum absolute atomic E-state index is 0.0111. The summed E-state index contributed by atoms with van der Waals surface area (Å²) in [5, 5.41) is 23.6. The number of amides is 1. The molecule has 1 aromatic carbocycles. The number of nitrogens with zero attached hydrogens (tertiary/aromatic N) is 1. The molecule has 0 saturated carbocycles. The number of carbonyl (C=O) groups excluding carboxylic acids is 1. The number of ether oxygens (including phenoxy) is 1. The maximum Gasteiger partial charge on any atom is 0.303 e. The van der Waals surface area contributed by atoms with Crippen LogP contribution in [0.5, 0.6) is 5.75 Å². The highest BCUT2D eigenvalue weighted by Gasteiger charge is 2.13. The smallest absolute Gasteiger partial charge is 0.303 e. The van der Waals surface area contributed by atoms with Gasteiger partial charge in [0.15, 0.2) is 0 Å². The molecule has 0 heterocycles. The van der Waals surface area contributed by atoms with Crippen LogP contribution in [0.3, 0.4) is 0 Å². The molecule has 0 fully saturated rings. The summed E-state index contributed by atoms with van der Waals surface area (Å²) in [7, 11) is 0. The van der Waals surface area contributed by atoms with Crippen molar-refractivity contribution in [1.29, 1.82) is 5.26 Å². The fourth-order valence-corrected chi connectivity index (χ4v) is 2.62. The number of hydrogen-bond donors (Lipinski definition) is 3. The molecule has 1 unspecified atom stereocenters. The molecule has 0 radical (unpaired) electrons. The maximum atomic E-state index is 12.1. The molecule has 7 nitrogen and oxygen atoms in total. The Labute approximate surface area is 166 Å². The van der Waals surface area contributed by atoms with Gasteiger partial charge in [0.05, 0.1) is 12.6 Å². The molecule has 1 rings (SSSR count). The first-order valence-corrected chi connectivity index (χ1v) is 9.48. The van der Waals surface area contributed by atoms with E-state index in [1.54, 1.807) is 0 Å². The van der Waals surface area contributed by atoms with Crippen LogP contribution >= 0.6 is 0 Å². The minimum atomic E-state index is -0.819. The van der Waals surface area contributed by atoms with Crippen LogP contribution < -0.4 is 15.4 Å². The zero-order valence-corrected chi connectivity index (χ0v) is 16.7. The highest BCUT2D eigenvalue weighted by atomic mass is 16.5. The molecule has 0 spiro atoms. The van der Waals surface area contributed by atoms with Crippen molar-refractivity contribution in [3.63, 3.8) is 0 Å². The van der Waals surface area contributed by atoms with Crippen LogP contribution in [0.1, 0.15) is 56.7 Å². The Balaban J connectivity index is 2.60. The Morgan fingerprint density at radius 3 is 2.71 bits per heavy atom.